The van der Waals surface area contributed by atoms with Crippen molar-refractivity contribution in [1.29, 1.82) is 0 Å². The predicted octanol–water partition coefficient (Wildman–Crippen LogP) is 2.69. The minimum Gasteiger partial charge on any atom is -0.316 e. The highest BCUT2D eigenvalue weighted by molar-refractivity contribution is 6.30. The number of fused-ring (bicyclic) bond motifs is 1. The number of rotatable bonds is 2. The summed E-state index contributed by atoms with van der Waals surface area (Å²) in [4.78, 5) is 4.43. The lowest BCUT2D eigenvalue weighted by Crippen LogP contribution is -2.32. The molecule has 2 aromatic heterocycles. The summed E-state index contributed by atoms with van der Waals surface area (Å²) in [6.45, 7) is 3.20. The van der Waals surface area contributed by atoms with Gasteiger partial charge in [-0.1, -0.05) is 11.6 Å². The number of nitrogens with zero attached hydrogens (tertiary/aromatic N) is 2. The van der Waals surface area contributed by atoms with Crippen LogP contribution in [-0.2, 0) is 6.54 Å². The maximum atomic E-state index is 6.29. The second-order valence-corrected chi connectivity index (χ2v) is 5.09. The van der Waals surface area contributed by atoms with Gasteiger partial charge in [-0.25, -0.2) is 4.98 Å². The van der Waals surface area contributed by atoms with Gasteiger partial charge in [0.25, 0.3) is 0 Å². The molecule has 3 heterocycles. The first-order valence-corrected chi connectivity index (χ1v) is 6.53. The summed E-state index contributed by atoms with van der Waals surface area (Å²) in [5.41, 5.74) is 1.00. The molecule has 2 aromatic rings. The zero-order chi connectivity index (χ0) is 11.7. The summed E-state index contributed by atoms with van der Waals surface area (Å²) in [5, 5.41) is 5.36. The van der Waals surface area contributed by atoms with Crippen molar-refractivity contribution in [3.8, 4) is 0 Å². The molecule has 3 nitrogen and oxygen atoms in total. The van der Waals surface area contributed by atoms with E-state index in [2.05, 4.69) is 20.9 Å². The van der Waals surface area contributed by atoms with Crippen LogP contribution in [0.1, 0.15) is 12.8 Å². The minimum atomic E-state index is 0.666. The van der Waals surface area contributed by atoms with Crippen LogP contribution < -0.4 is 5.32 Å². The molecular weight excluding hydrogens is 234 g/mol. The average molecular weight is 250 g/mol. The predicted molar refractivity (Wildman–Crippen MR) is 70.3 cm³/mol. The molecule has 1 aliphatic heterocycles. The molecule has 1 unspecified atom stereocenters. The Balaban J connectivity index is 1.90. The van der Waals surface area contributed by atoms with E-state index in [4.69, 9.17) is 11.6 Å². The Morgan fingerprint density at radius 1 is 1.53 bits per heavy atom. The van der Waals surface area contributed by atoms with Gasteiger partial charge < -0.3 is 9.88 Å². The topological polar surface area (TPSA) is 29.9 Å². The highest BCUT2D eigenvalue weighted by atomic mass is 35.5. The summed E-state index contributed by atoms with van der Waals surface area (Å²) in [6.07, 6.45) is 4.36. The van der Waals surface area contributed by atoms with E-state index in [1.165, 1.54) is 12.8 Å². The van der Waals surface area contributed by atoms with Crippen molar-refractivity contribution in [2.45, 2.75) is 19.4 Å². The Morgan fingerprint density at radius 3 is 3.29 bits per heavy atom. The number of pyridine rings is 1. The summed E-state index contributed by atoms with van der Waals surface area (Å²) >= 11 is 6.29. The summed E-state index contributed by atoms with van der Waals surface area (Å²) in [5.74, 6) is 0.666. The van der Waals surface area contributed by atoms with Crippen LogP contribution in [0.5, 0.6) is 0 Å². The van der Waals surface area contributed by atoms with Crippen LogP contribution in [0.2, 0.25) is 5.15 Å². The van der Waals surface area contributed by atoms with Gasteiger partial charge in [-0.15, -0.1) is 0 Å². The van der Waals surface area contributed by atoms with E-state index in [1.807, 2.05) is 18.3 Å². The number of hydrogen-bond acceptors (Lipinski definition) is 2. The Labute approximate surface area is 106 Å². The van der Waals surface area contributed by atoms with E-state index >= 15 is 0 Å². The molecule has 0 aliphatic carbocycles. The van der Waals surface area contributed by atoms with Crippen molar-refractivity contribution in [3.63, 3.8) is 0 Å². The normalized spacial score (nSPS) is 20.9. The van der Waals surface area contributed by atoms with Crippen molar-refractivity contribution in [1.82, 2.24) is 14.9 Å². The first-order chi connectivity index (χ1) is 8.34. The van der Waals surface area contributed by atoms with Gasteiger partial charge >= 0.3 is 0 Å². The third-order valence-electron chi connectivity index (χ3n) is 3.44. The zero-order valence-electron chi connectivity index (χ0n) is 9.69. The van der Waals surface area contributed by atoms with Gasteiger partial charge in [0.2, 0.25) is 0 Å². The van der Waals surface area contributed by atoms with Gasteiger partial charge in [0, 0.05) is 18.1 Å². The smallest absolute Gasteiger partial charge is 0.141 e. The van der Waals surface area contributed by atoms with E-state index in [0.29, 0.717) is 5.92 Å². The third kappa shape index (κ3) is 2.17. The Hall–Kier alpha value is -1.06. The van der Waals surface area contributed by atoms with E-state index in [0.717, 1.165) is 35.8 Å². The molecule has 0 radical (unpaired) electrons. The lowest BCUT2D eigenvalue weighted by Gasteiger charge is -2.23. The summed E-state index contributed by atoms with van der Waals surface area (Å²) < 4.78 is 2.13. The van der Waals surface area contributed by atoms with Crippen molar-refractivity contribution in [2.75, 3.05) is 13.1 Å². The van der Waals surface area contributed by atoms with Gasteiger partial charge in [-0.05, 0) is 50.0 Å². The molecule has 1 atom stereocenters. The first-order valence-electron chi connectivity index (χ1n) is 6.15. The average Bonchev–Trinajstić information content (AvgIpc) is 2.68. The maximum Gasteiger partial charge on any atom is 0.141 e. The van der Waals surface area contributed by atoms with Gasteiger partial charge in [0.1, 0.15) is 10.8 Å². The third-order valence-corrected chi connectivity index (χ3v) is 3.76. The highest BCUT2D eigenvalue weighted by Gasteiger charge is 2.16. The van der Waals surface area contributed by atoms with Crippen LogP contribution in [0.4, 0.5) is 0 Å². The second-order valence-electron chi connectivity index (χ2n) is 4.71. The number of halogens is 1. The monoisotopic (exact) mass is 249 g/mol. The van der Waals surface area contributed by atoms with Gasteiger partial charge in [0.15, 0.2) is 0 Å². The molecule has 1 N–H and O–H groups in total. The molecule has 1 saturated heterocycles. The van der Waals surface area contributed by atoms with Crippen LogP contribution in [0.3, 0.4) is 0 Å². The molecule has 0 spiro atoms. The largest absolute Gasteiger partial charge is 0.316 e. The summed E-state index contributed by atoms with van der Waals surface area (Å²) in [6, 6.07) is 6.01. The molecule has 3 rings (SSSR count). The first kappa shape index (κ1) is 11.1. The van der Waals surface area contributed by atoms with Crippen molar-refractivity contribution in [3.05, 3.63) is 29.5 Å². The fraction of sp³-hybridized carbons (Fsp3) is 0.462. The van der Waals surface area contributed by atoms with Gasteiger partial charge in [0.05, 0.1) is 0 Å². The number of piperidine rings is 1. The fourth-order valence-corrected chi connectivity index (χ4v) is 2.83. The van der Waals surface area contributed by atoms with Crippen LogP contribution in [-0.4, -0.2) is 22.6 Å². The Bertz CT molecular complexity index is 514. The standard InChI is InChI=1S/C13H16ClN3/c14-12-7-11-4-2-6-16-13(11)17(12)9-10-3-1-5-15-8-10/h2,4,6-7,10,15H,1,3,5,8-9H2. The quantitative estimate of drug-likeness (QED) is 0.887. The van der Waals surface area contributed by atoms with Gasteiger partial charge in [-0.2, -0.15) is 0 Å². The molecule has 1 fully saturated rings. The van der Waals surface area contributed by atoms with E-state index in [1.54, 1.807) is 0 Å². The highest BCUT2D eigenvalue weighted by Crippen LogP contribution is 2.24. The lowest BCUT2D eigenvalue weighted by atomic mass is 10.00. The zero-order valence-corrected chi connectivity index (χ0v) is 10.5. The molecule has 0 aromatic carbocycles. The molecule has 90 valence electrons. The van der Waals surface area contributed by atoms with E-state index in [9.17, 15) is 0 Å². The van der Waals surface area contributed by atoms with Crippen molar-refractivity contribution in [2.24, 2.45) is 5.92 Å². The van der Waals surface area contributed by atoms with Crippen molar-refractivity contribution >= 4 is 22.6 Å². The molecule has 1 aliphatic rings. The molecule has 0 saturated carbocycles. The Morgan fingerprint density at radius 2 is 2.47 bits per heavy atom. The SMILES string of the molecule is Clc1cc2cccnc2n1CC1CCCNC1. The van der Waals surface area contributed by atoms with Crippen LogP contribution in [0, 0.1) is 5.92 Å². The number of hydrogen-bond donors (Lipinski definition) is 1. The molecule has 0 amide bonds. The fourth-order valence-electron chi connectivity index (χ4n) is 2.57. The number of aromatic nitrogens is 2. The van der Waals surface area contributed by atoms with E-state index in [-0.39, 0.29) is 0 Å². The van der Waals surface area contributed by atoms with Crippen LogP contribution >= 0.6 is 11.6 Å². The summed E-state index contributed by atoms with van der Waals surface area (Å²) in [7, 11) is 0. The molecular formula is C13H16ClN3. The maximum absolute atomic E-state index is 6.29. The van der Waals surface area contributed by atoms with Gasteiger partial charge in [-0.3, -0.25) is 0 Å². The van der Waals surface area contributed by atoms with Crippen LogP contribution in [0.25, 0.3) is 11.0 Å². The Kier molecular flexibility index (Phi) is 3.04. The molecule has 4 heteroatoms. The molecule has 0 bridgehead atoms. The van der Waals surface area contributed by atoms with E-state index < -0.39 is 0 Å². The minimum absolute atomic E-state index is 0.666. The number of nitrogens with one attached hydrogen (secondary N) is 1. The van der Waals surface area contributed by atoms with Crippen LogP contribution in [0.15, 0.2) is 24.4 Å². The van der Waals surface area contributed by atoms with Crippen molar-refractivity contribution < 1.29 is 0 Å². The lowest BCUT2D eigenvalue weighted by molar-refractivity contribution is 0.340. The molecule has 17 heavy (non-hydrogen) atoms. The second kappa shape index (κ2) is 4.67.